The van der Waals surface area contributed by atoms with Crippen molar-refractivity contribution in [3.8, 4) is 5.75 Å². The number of halogens is 3. The Kier molecular flexibility index (Phi) is 5.02. The smallest absolute Gasteiger partial charge is 0.188 e. The molecule has 0 bridgehead atoms. The van der Waals surface area contributed by atoms with E-state index >= 15 is 0 Å². The van der Waals surface area contributed by atoms with Gasteiger partial charge < -0.3 is 9.47 Å². The number of rotatable bonds is 4. The molecule has 0 aliphatic heterocycles. The lowest BCUT2D eigenvalue weighted by Crippen LogP contribution is -2.01. The van der Waals surface area contributed by atoms with Gasteiger partial charge >= 0.3 is 0 Å². The van der Waals surface area contributed by atoms with E-state index in [-0.39, 0.29) is 6.79 Å². The SMILES string of the molecule is COCOc1c(Cl)cc(Cl)cc1CBr. The van der Waals surface area contributed by atoms with Crippen molar-refractivity contribution in [3.63, 3.8) is 0 Å². The molecule has 0 aliphatic rings. The largest absolute Gasteiger partial charge is 0.466 e. The molecule has 1 aromatic carbocycles. The zero-order chi connectivity index (χ0) is 10.6. The van der Waals surface area contributed by atoms with Gasteiger partial charge in [0, 0.05) is 23.0 Å². The Bertz CT molecular complexity index is 318. The van der Waals surface area contributed by atoms with Gasteiger partial charge in [0.1, 0.15) is 5.75 Å². The first-order valence-corrected chi connectivity index (χ1v) is 5.72. The molecule has 14 heavy (non-hydrogen) atoms. The fraction of sp³-hybridized carbons (Fsp3) is 0.333. The van der Waals surface area contributed by atoms with Gasteiger partial charge in [0.2, 0.25) is 0 Å². The number of hydrogen-bond acceptors (Lipinski definition) is 2. The van der Waals surface area contributed by atoms with Gasteiger partial charge in [0.05, 0.1) is 5.02 Å². The molecule has 0 amide bonds. The van der Waals surface area contributed by atoms with Crippen LogP contribution in [0.4, 0.5) is 0 Å². The molecular formula is C9H9BrCl2O2. The summed E-state index contributed by atoms with van der Waals surface area (Å²) in [5.74, 6) is 0.606. The summed E-state index contributed by atoms with van der Waals surface area (Å²) in [4.78, 5) is 0. The molecule has 0 N–H and O–H groups in total. The first kappa shape index (κ1) is 12.1. The van der Waals surface area contributed by atoms with Crippen LogP contribution in [0.15, 0.2) is 12.1 Å². The van der Waals surface area contributed by atoms with Crippen molar-refractivity contribution in [2.75, 3.05) is 13.9 Å². The van der Waals surface area contributed by atoms with Crippen molar-refractivity contribution in [2.45, 2.75) is 5.33 Å². The summed E-state index contributed by atoms with van der Waals surface area (Å²) in [7, 11) is 1.55. The van der Waals surface area contributed by atoms with Gasteiger partial charge in [0.15, 0.2) is 6.79 Å². The summed E-state index contributed by atoms with van der Waals surface area (Å²) in [5.41, 5.74) is 0.902. The van der Waals surface area contributed by atoms with Gasteiger partial charge in [-0.25, -0.2) is 0 Å². The van der Waals surface area contributed by atoms with Crippen LogP contribution in [0.5, 0.6) is 5.75 Å². The predicted molar refractivity (Wildman–Crippen MR) is 61.6 cm³/mol. The monoisotopic (exact) mass is 298 g/mol. The van der Waals surface area contributed by atoms with Crippen molar-refractivity contribution in [2.24, 2.45) is 0 Å². The first-order valence-electron chi connectivity index (χ1n) is 3.84. The van der Waals surface area contributed by atoms with Crippen LogP contribution in [-0.2, 0) is 10.1 Å². The lowest BCUT2D eigenvalue weighted by atomic mass is 10.2. The third-order valence-corrected chi connectivity index (χ3v) is 2.65. The minimum atomic E-state index is 0.168. The van der Waals surface area contributed by atoms with Gasteiger partial charge in [-0.05, 0) is 12.1 Å². The molecule has 0 saturated carbocycles. The summed E-state index contributed by atoms with van der Waals surface area (Å²) in [6, 6.07) is 3.44. The van der Waals surface area contributed by atoms with Gasteiger partial charge in [-0.2, -0.15) is 0 Å². The Morgan fingerprint density at radius 1 is 1.36 bits per heavy atom. The molecule has 78 valence electrons. The maximum absolute atomic E-state index is 5.96. The van der Waals surface area contributed by atoms with Gasteiger partial charge in [-0.1, -0.05) is 39.1 Å². The van der Waals surface area contributed by atoms with Crippen LogP contribution in [0.1, 0.15) is 5.56 Å². The molecule has 0 aliphatic carbocycles. The minimum absolute atomic E-state index is 0.168. The summed E-state index contributed by atoms with van der Waals surface area (Å²) in [6.45, 7) is 0.168. The second-order valence-electron chi connectivity index (χ2n) is 2.56. The molecule has 0 heterocycles. The average molecular weight is 300 g/mol. The highest BCUT2D eigenvalue weighted by atomic mass is 79.9. The molecule has 0 fully saturated rings. The predicted octanol–water partition coefficient (Wildman–Crippen LogP) is 3.87. The molecular weight excluding hydrogens is 291 g/mol. The summed E-state index contributed by atoms with van der Waals surface area (Å²) in [5, 5.41) is 1.71. The van der Waals surface area contributed by atoms with E-state index in [4.69, 9.17) is 32.7 Å². The van der Waals surface area contributed by atoms with Crippen molar-refractivity contribution in [1.82, 2.24) is 0 Å². The molecule has 1 aromatic rings. The Morgan fingerprint density at radius 2 is 2.07 bits per heavy atom. The maximum Gasteiger partial charge on any atom is 0.188 e. The Hall–Kier alpha value is 0.0400. The van der Waals surface area contributed by atoms with Crippen LogP contribution in [0, 0.1) is 0 Å². The Labute approximate surface area is 101 Å². The third-order valence-electron chi connectivity index (χ3n) is 1.55. The number of benzene rings is 1. The zero-order valence-electron chi connectivity index (χ0n) is 7.52. The quantitative estimate of drug-likeness (QED) is 0.621. The van der Waals surface area contributed by atoms with E-state index in [0.29, 0.717) is 21.1 Å². The van der Waals surface area contributed by atoms with Crippen molar-refractivity contribution in [3.05, 3.63) is 27.7 Å². The van der Waals surface area contributed by atoms with Gasteiger partial charge in [-0.15, -0.1) is 0 Å². The van der Waals surface area contributed by atoms with E-state index in [2.05, 4.69) is 15.9 Å². The lowest BCUT2D eigenvalue weighted by molar-refractivity contribution is 0.0507. The average Bonchev–Trinajstić information content (AvgIpc) is 2.15. The van der Waals surface area contributed by atoms with Crippen LogP contribution in [0.25, 0.3) is 0 Å². The van der Waals surface area contributed by atoms with Crippen molar-refractivity contribution in [1.29, 1.82) is 0 Å². The number of hydrogen-bond donors (Lipinski definition) is 0. The van der Waals surface area contributed by atoms with Crippen molar-refractivity contribution >= 4 is 39.1 Å². The maximum atomic E-state index is 5.96. The zero-order valence-corrected chi connectivity index (χ0v) is 10.6. The number of alkyl halides is 1. The van der Waals surface area contributed by atoms with E-state index in [1.807, 2.05) is 0 Å². The Balaban J connectivity index is 2.99. The van der Waals surface area contributed by atoms with Crippen LogP contribution in [0.2, 0.25) is 10.0 Å². The number of methoxy groups -OCH3 is 1. The highest BCUT2D eigenvalue weighted by Gasteiger charge is 2.09. The molecule has 0 unspecified atom stereocenters. The molecule has 0 spiro atoms. The van der Waals surface area contributed by atoms with Crippen LogP contribution < -0.4 is 4.74 Å². The van der Waals surface area contributed by atoms with E-state index < -0.39 is 0 Å². The molecule has 0 atom stereocenters. The molecule has 0 radical (unpaired) electrons. The standard InChI is InChI=1S/C9H9BrCl2O2/c1-13-5-14-9-6(4-10)2-7(11)3-8(9)12/h2-3H,4-5H2,1H3. The highest BCUT2D eigenvalue weighted by Crippen LogP contribution is 2.33. The molecule has 0 aromatic heterocycles. The molecule has 2 nitrogen and oxygen atoms in total. The molecule has 5 heteroatoms. The number of ether oxygens (including phenoxy) is 2. The highest BCUT2D eigenvalue weighted by molar-refractivity contribution is 9.08. The topological polar surface area (TPSA) is 18.5 Å². The summed E-state index contributed by atoms with van der Waals surface area (Å²) >= 11 is 15.1. The van der Waals surface area contributed by atoms with Crippen LogP contribution in [-0.4, -0.2) is 13.9 Å². The van der Waals surface area contributed by atoms with E-state index in [9.17, 15) is 0 Å². The van der Waals surface area contributed by atoms with E-state index in [1.54, 1.807) is 19.2 Å². The normalized spacial score (nSPS) is 10.3. The van der Waals surface area contributed by atoms with E-state index in [1.165, 1.54) is 0 Å². The molecule has 0 saturated heterocycles. The molecule has 1 rings (SSSR count). The Morgan fingerprint density at radius 3 is 2.64 bits per heavy atom. The van der Waals surface area contributed by atoms with Crippen LogP contribution >= 0.6 is 39.1 Å². The van der Waals surface area contributed by atoms with Gasteiger partial charge in [0.25, 0.3) is 0 Å². The second kappa shape index (κ2) is 5.81. The van der Waals surface area contributed by atoms with Crippen molar-refractivity contribution < 1.29 is 9.47 Å². The van der Waals surface area contributed by atoms with Gasteiger partial charge in [-0.3, -0.25) is 0 Å². The lowest BCUT2D eigenvalue weighted by Gasteiger charge is -2.11. The third kappa shape index (κ3) is 3.02. The minimum Gasteiger partial charge on any atom is -0.466 e. The van der Waals surface area contributed by atoms with E-state index in [0.717, 1.165) is 5.56 Å². The summed E-state index contributed by atoms with van der Waals surface area (Å²) in [6.07, 6.45) is 0. The fourth-order valence-electron chi connectivity index (χ4n) is 0.992. The first-order chi connectivity index (χ1) is 6.69. The summed E-state index contributed by atoms with van der Waals surface area (Å²) < 4.78 is 10.1. The van der Waals surface area contributed by atoms with Crippen LogP contribution in [0.3, 0.4) is 0 Å². The second-order valence-corrected chi connectivity index (χ2v) is 3.96. The fourth-order valence-corrected chi connectivity index (χ4v) is 2.00.